The second kappa shape index (κ2) is 4.97. The van der Waals surface area contributed by atoms with Crippen molar-refractivity contribution in [1.82, 2.24) is 4.90 Å². The molecule has 1 aliphatic carbocycles. The Hall–Kier alpha value is -0.570. The Morgan fingerprint density at radius 1 is 1.40 bits per heavy atom. The van der Waals surface area contributed by atoms with Crippen molar-refractivity contribution < 1.29 is 9.53 Å². The van der Waals surface area contributed by atoms with Crippen LogP contribution >= 0.6 is 0 Å². The van der Waals surface area contributed by atoms with Crippen LogP contribution in [0, 0.1) is 0 Å². The van der Waals surface area contributed by atoms with E-state index in [0.717, 1.165) is 6.54 Å². The number of rotatable bonds is 4. The summed E-state index contributed by atoms with van der Waals surface area (Å²) in [5, 5.41) is 0. The Bertz CT molecular complexity index is 216. The van der Waals surface area contributed by atoms with Crippen molar-refractivity contribution in [3.8, 4) is 0 Å². The third kappa shape index (κ3) is 4.65. The zero-order chi connectivity index (χ0) is 11.5. The lowest BCUT2D eigenvalue weighted by molar-refractivity contribution is -0.155. The summed E-state index contributed by atoms with van der Waals surface area (Å²) in [4.78, 5) is 13.7. The predicted octanol–water partition coefficient (Wildman–Crippen LogP) is 2.20. The van der Waals surface area contributed by atoms with Crippen LogP contribution in [0.4, 0.5) is 0 Å². The third-order valence-electron chi connectivity index (χ3n) is 2.79. The van der Waals surface area contributed by atoms with Crippen molar-refractivity contribution >= 4 is 5.97 Å². The first-order valence-electron chi connectivity index (χ1n) is 5.80. The van der Waals surface area contributed by atoms with E-state index in [1.807, 2.05) is 20.8 Å². The van der Waals surface area contributed by atoms with Crippen molar-refractivity contribution in [1.29, 1.82) is 0 Å². The normalized spacial score (nSPS) is 17.7. The van der Waals surface area contributed by atoms with Crippen LogP contribution in [0.3, 0.4) is 0 Å². The molecule has 1 aliphatic rings. The molecule has 1 fully saturated rings. The van der Waals surface area contributed by atoms with Crippen LogP contribution in [0.5, 0.6) is 0 Å². The summed E-state index contributed by atoms with van der Waals surface area (Å²) >= 11 is 0. The molecular weight excluding hydrogens is 190 g/mol. The van der Waals surface area contributed by atoms with Crippen LogP contribution in [-0.2, 0) is 9.53 Å². The van der Waals surface area contributed by atoms with Crippen LogP contribution in [0.25, 0.3) is 0 Å². The molecule has 88 valence electrons. The summed E-state index contributed by atoms with van der Waals surface area (Å²) in [6, 6.07) is 0.701. The quantitative estimate of drug-likeness (QED) is 0.670. The lowest BCUT2D eigenvalue weighted by Crippen LogP contribution is -2.38. The van der Waals surface area contributed by atoms with E-state index in [1.165, 1.54) is 19.3 Å². The van der Waals surface area contributed by atoms with E-state index >= 15 is 0 Å². The van der Waals surface area contributed by atoms with Crippen LogP contribution < -0.4 is 0 Å². The summed E-state index contributed by atoms with van der Waals surface area (Å²) in [6.45, 7) is 6.53. The van der Waals surface area contributed by atoms with Gasteiger partial charge in [0, 0.05) is 12.6 Å². The molecule has 1 rings (SSSR count). The minimum atomic E-state index is -0.355. The molecule has 0 aliphatic heterocycles. The summed E-state index contributed by atoms with van der Waals surface area (Å²) in [7, 11) is 2.09. The van der Waals surface area contributed by atoms with Gasteiger partial charge >= 0.3 is 5.97 Å². The van der Waals surface area contributed by atoms with E-state index in [-0.39, 0.29) is 11.6 Å². The van der Waals surface area contributed by atoms with E-state index in [2.05, 4.69) is 11.9 Å². The average Bonchev–Trinajstić information content (AvgIpc) is 1.94. The Kier molecular flexibility index (Phi) is 4.14. The maximum atomic E-state index is 11.4. The van der Waals surface area contributed by atoms with Crippen molar-refractivity contribution in [3.05, 3.63) is 0 Å². The highest BCUT2D eigenvalue weighted by Gasteiger charge is 2.23. The topological polar surface area (TPSA) is 29.5 Å². The van der Waals surface area contributed by atoms with Gasteiger partial charge in [0.2, 0.25) is 0 Å². The summed E-state index contributed by atoms with van der Waals surface area (Å²) in [6.07, 6.45) is 4.40. The Morgan fingerprint density at radius 2 is 2.00 bits per heavy atom. The van der Waals surface area contributed by atoms with E-state index in [9.17, 15) is 4.79 Å². The van der Waals surface area contributed by atoms with Crippen molar-refractivity contribution in [3.63, 3.8) is 0 Å². The zero-order valence-corrected chi connectivity index (χ0v) is 10.4. The fraction of sp³-hybridized carbons (Fsp3) is 0.917. The molecule has 0 aromatic rings. The van der Waals surface area contributed by atoms with Gasteiger partial charge in [0.25, 0.3) is 0 Å². The number of hydrogen-bond donors (Lipinski definition) is 0. The fourth-order valence-electron chi connectivity index (χ4n) is 1.67. The second-order valence-electron chi connectivity index (χ2n) is 5.40. The summed E-state index contributed by atoms with van der Waals surface area (Å²) < 4.78 is 5.25. The summed E-state index contributed by atoms with van der Waals surface area (Å²) in [5.41, 5.74) is -0.355. The molecule has 15 heavy (non-hydrogen) atoms. The SMILES string of the molecule is CN(CCC(=O)OC(C)(C)C)C1CCC1. The number of ether oxygens (including phenoxy) is 1. The molecule has 0 aromatic heterocycles. The van der Waals surface area contributed by atoms with E-state index in [4.69, 9.17) is 4.74 Å². The van der Waals surface area contributed by atoms with Gasteiger partial charge in [-0.25, -0.2) is 0 Å². The van der Waals surface area contributed by atoms with Gasteiger partial charge in [0.05, 0.1) is 6.42 Å². The van der Waals surface area contributed by atoms with Crippen LogP contribution in [0.15, 0.2) is 0 Å². The van der Waals surface area contributed by atoms with Gasteiger partial charge in [-0.15, -0.1) is 0 Å². The molecule has 0 aromatic carbocycles. The molecule has 0 radical (unpaired) electrons. The van der Waals surface area contributed by atoms with Crippen molar-refractivity contribution in [2.45, 2.75) is 58.1 Å². The first-order valence-corrected chi connectivity index (χ1v) is 5.80. The minimum absolute atomic E-state index is 0.0892. The molecule has 1 saturated carbocycles. The van der Waals surface area contributed by atoms with Gasteiger partial charge in [0.1, 0.15) is 5.60 Å². The maximum Gasteiger partial charge on any atom is 0.307 e. The fourth-order valence-corrected chi connectivity index (χ4v) is 1.67. The molecule has 3 heteroatoms. The molecule has 0 N–H and O–H groups in total. The largest absolute Gasteiger partial charge is 0.460 e. The van der Waals surface area contributed by atoms with Gasteiger partial charge < -0.3 is 9.64 Å². The Labute approximate surface area is 92.8 Å². The van der Waals surface area contributed by atoms with Crippen molar-refractivity contribution in [2.24, 2.45) is 0 Å². The first-order chi connectivity index (χ1) is 6.88. The lowest BCUT2D eigenvalue weighted by atomic mass is 9.92. The lowest BCUT2D eigenvalue weighted by Gasteiger charge is -2.34. The van der Waals surface area contributed by atoms with Gasteiger partial charge in [-0.2, -0.15) is 0 Å². The molecule has 0 heterocycles. The van der Waals surface area contributed by atoms with Gasteiger partial charge in [-0.3, -0.25) is 4.79 Å². The number of carbonyl (C=O) groups is 1. The first kappa shape index (κ1) is 12.5. The highest BCUT2D eigenvalue weighted by molar-refractivity contribution is 5.70. The standard InChI is InChI=1S/C12H23NO2/c1-12(2,3)15-11(14)8-9-13(4)10-6-5-7-10/h10H,5-9H2,1-4H3. The molecule has 0 atom stereocenters. The van der Waals surface area contributed by atoms with E-state index in [1.54, 1.807) is 0 Å². The monoisotopic (exact) mass is 213 g/mol. The molecular formula is C12H23NO2. The molecule has 0 amide bonds. The van der Waals surface area contributed by atoms with Gasteiger partial charge in [-0.05, 0) is 40.7 Å². The van der Waals surface area contributed by atoms with E-state index in [0.29, 0.717) is 12.5 Å². The number of carbonyl (C=O) groups excluding carboxylic acids is 1. The molecule has 0 saturated heterocycles. The zero-order valence-electron chi connectivity index (χ0n) is 10.4. The number of esters is 1. The number of hydrogen-bond acceptors (Lipinski definition) is 3. The molecule has 0 spiro atoms. The average molecular weight is 213 g/mol. The number of nitrogens with zero attached hydrogens (tertiary/aromatic N) is 1. The highest BCUT2D eigenvalue weighted by atomic mass is 16.6. The minimum Gasteiger partial charge on any atom is -0.460 e. The summed E-state index contributed by atoms with van der Waals surface area (Å²) in [5.74, 6) is -0.0892. The Balaban J connectivity index is 2.15. The van der Waals surface area contributed by atoms with Gasteiger partial charge in [-0.1, -0.05) is 6.42 Å². The van der Waals surface area contributed by atoms with E-state index < -0.39 is 0 Å². The third-order valence-corrected chi connectivity index (χ3v) is 2.79. The molecule has 3 nitrogen and oxygen atoms in total. The van der Waals surface area contributed by atoms with Gasteiger partial charge in [0.15, 0.2) is 0 Å². The van der Waals surface area contributed by atoms with Crippen molar-refractivity contribution in [2.75, 3.05) is 13.6 Å². The predicted molar refractivity (Wildman–Crippen MR) is 60.7 cm³/mol. The second-order valence-corrected chi connectivity index (χ2v) is 5.40. The Morgan fingerprint density at radius 3 is 2.40 bits per heavy atom. The maximum absolute atomic E-state index is 11.4. The highest BCUT2D eigenvalue weighted by Crippen LogP contribution is 2.23. The van der Waals surface area contributed by atoms with Crippen LogP contribution in [-0.4, -0.2) is 36.1 Å². The molecule has 0 unspecified atom stereocenters. The smallest absolute Gasteiger partial charge is 0.307 e. The van der Waals surface area contributed by atoms with Crippen LogP contribution in [0.2, 0.25) is 0 Å². The van der Waals surface area contributed by atoms with Crippen LogP contribution in [0.1, 0.15) is 46.5 Å². The molecule has 0 bridgehead atoms.